The van der Waals surface area contributed by atoms with Crippen LogP contribution in [-0.2, 0) is 0 Å². The molecular weight excluding hydrogens is 260 g/mol. The normalized spacial score (nSPS) is 18.3. The summed E-state index contributed by atoms with van der Waals surface area (Å²) in [6.07, 6.45) is 4.46. The minimum absolute atomic E-state index is 0.0217. The summed E-state index contributed by atoms with van der Waals surface area (Å²) in [7, 11) is 0. The van der Waals surface area contributed by atoms with Crippen LogP contribution in [0.4, 0.5) is 0 Å². The van der Waals surface area contributed by atoms with Gasteiger partial charge in [-0.25, -0.2) is 4.98 Å². The zero-order valence-corrected chi connectivity index (χ0v) is 11.9. The highest BCUT2D eigenvalue weighted by Crippen LogP contribution is 2.22. The third kappa shape index (κ3) is 2.48. The molecule has 1 saturated heterocycles. The van der Waals surface area contributed by atoms with Crippen LogP contribution < -0.4 is 5.73 Å². The summed E-state index contributed by atoms with van der Waals surface area (Å²) in [5.41, 5.74) is 9.37. The van der Waals surface area contributed by atoms with Gasteiger partial charge in [0.25, 0.3) is 0 Å². The Morgan fingerprint density at radius 3 is 2.84 bits per heavy atom. The average Bonchev–Trinajstić information content (AvgIpc) is 2.95. The van der Waals surface area contributed by atoms with Crippen molar-refractivity contribution in [2.75, 3.05) is 19.6 Å². The van der Waals surface area contributed by atoms with E-state index in [-0.39, 0.29) is 6.04 Å². The van der Waals surface area contributed by atoms with Crippen molar-refractivity contribution in [3.8, 4) is 0 Å². The van der Waals surface area contributed by atoms with Gasteiger partial charge < -0.3 is 15.0 Å². The van der Waals surface area contributed by atoms with Crippen molar-refractivity contribution in [2.45, 2.75) is 25.8 Å². The molecular formula is C14H19ClN4. The molecule has 0 radical (unpaired) electrons. The van der Waals surface area contributed by atoms with Gasteiger partial charge in [0.1, 0.15) is 5.65 Å². The summed E-state index contributed by atoms with van der Waals surface area (Å²) in [5.74, 6) is 0. The molecule has 0 spiro atoms. The second kappa shape index (κ2) is 5.12. The quantitative estimate of drug-likeness (QED) is 0.938. The fourth-order valence-electron chi connectivity index (χ4n) is 2.93. The van der Waals surface area contributed by atoms with E-state index in [0.717, 1.165) is 36.7 Å². The number of halogens is 1. The van der Waals surface area contributed by atoms with Crippen molar-refractivity contribution in [1.82, 2.24) is 14.3 Å². The second-order valence-electron chi connectivity index (χ2n) is 5.27. The number of nitrogens with zero attached hydrogens (tertiary/aromatic N) is 3. The van der Waals surface area contributed by atoms with Gasteiger partial charge in [0.2, 0.25) is 0 Å². The molecule has 1 fully saturated rings. The van der Waals surface area contributed by atoms with E-state index < -0.39 is 0 Å². The van der Waals surface area contributed by atoms with Crippen LogP contribution in [0, 0.1) is 6.92 Å². The average molecular weight is 279 g/mol. The van der Waals surface area contributed by atoms with Gasteiger partial charge in [-0.3, -0.25) is 0 Å². The van der Waals surface area contributed by atoms with E-state index in [9.17, 15) is 0 Å². The fraction of sp³-hybridized carbons (Fsp3) is 0.500. The maximum atomic E-state index is 6.39. The molecule has 1 aliphatic heterocycles. The Hall–Kier alpha value is -1.10. The number of hydrogen-bond donors (Lipinski definition) is 1. The SMILES string of the molecule is Cc1nc2ccc(Cl)cn2c1C(N)CN1CCCC1. The fourth-order valence-corrected chi connectivity index (χ4v) is 3.09. The third-order valence-electron chi connectivity index (χ3n) is 3.81. The molecule has 0 saturated carbocycles. The standard InChI is InChI=1S/C14H19ClN4/c1-10-14(12(16)9-18-6-2-3-7-18)19-8-11(15)4-5-13(19)17-10/h4-5,8,12H,2-3,6-7,9,16H2,1H3. The Balaban J connectivity index is 1.93. The van der Waals surface area contributed by atoms with Crippen LogP contribution in [0.3, 0.4) is 0 Å². The number of imidazole rings is 1. The van der Waals surface area contributed by atoms with Crippen molar-refractivity contribution >= 4 is 17.2 Å². The molecule has 0 aliphatic carbocycles. The third-order valence-corrected chi connectivity index (χ3v) is 4.03. The number of nitrogens with two attached hydrogens (primary N) is 1. The number of hydrogen-bond acceptors (Lipinski definition) is 3. The van der Waals surface area contributed by atoms with Crippen molar-refractivity contribution < 1.29 is 0 Å². The lowest BCUT2D eigenvalue weighted by molar-refractivity contribution is 0.313. The van der Waals surface area contributed by atoms with Crippen LogP contribution in [0.2, 0.25) is 5.02 Å². The van der Waals surface area contributed by atoms with E-state index in [2.05, 4.69) is 9.88 Å². The van der Waals surface area contributed by atoms with Crippen LogP contribution in [0.25, 0.3) is 5.65 Å². The Morgan fingerprint density at radius 2 is 2.11 bits per heavy atom. The van der Waals surface area contributed by atoms with Crippen LogP contribution in [0.1, 0.15) is 30.3 Å². The number of fused-ring (bicyclic) bond motifs is 1. The first-order valence-electron chi connectivity index (χ1n) is 6.77. The molecule has 2 N–H and O–H groups in total. The summed E-state index contributed by atoms with van der Waals surface area (Å²) in [6, 6.07) is 3.77. The Labute approximate surface area is 118 Å². The molecule has 0 amide bonds. The van der Waals surface area contributed by atoms with Crippen molar-refractivity contribution in [3.05, 3.63) is 34.7 Å². The molecule has 4 nitrogen and oxygen atoms in total. The Bertz CT molecular complexity index is 586. The summed E-state index contributed by atoms with van der Waals surface area (Å²) in [6.45, 7) is 5.22. The zero-order valence-electron chi connectivity index (χ0n) is 11.1. The lowest BCUT2D eigenvalue weighted by Crippen LogP contribution is -2.31. The van der Waals surface area contributed by atoms with Crippen LogP contribution in [-0.4, -0.2) is 33.9 Å². The number of aryl methyl sites for hydroxylation is 1. The summed E-state index contributed by atoms with van der Waals surface area (Å²) >= 11 is 6.08. The Kier molecular flexibility index (Phi) is 3.48. The minimum atomic E-state index is -0.0217. The molecule has 3 heterocycles. The van der Waals surface area contributed by atoms with Gasteiger partial charge in [-0.15, -0.1) is 0 Å². The van der Waals surface area contributed by atoms with Gasteiger partial charge in [0.05, 0.1) is 22.5 Å². The van der Waals surface area contributed by atoms with Gasteiger partial charge in [-0.1, -0.05) is 11.6 Å². The van der Waals surface area contributed by atoms with E-state index in [0.29, 0.717) is 5.02 Å². The van der Waals surface area contributed by atoms with Crippen LogP contribution in [0.15, 0.2) is 18.3 Å². The molecule has 1 aliphatic rings. The monoisotopic (exact) mass is 278 g/mol. The molecule has 0 bridgehead atoms. The zero-order chi connectivity index (χ0) is 13.4. The maximum absolute atomic E-state index is 6.39. The lowest BCUT2D eigenvalue weighted by atomic mass is 10.1. The van der Waals surface area contributed by atoms with Gasteiger partial charge in [0, 0.05) is 12.7 Å². The highest BCUT2D eigenvalue weighted by molar-refractivity contribution is 6.30. The molecule has 1 unspecified atom stereocenters. The highest BCUT2D eigenvalue weighted by atomic mass is 35.5. The molecule has 5 heteroatoms. The lowest BCUT2D eigenvalue weighted by Gasteiger charge is -2.20. The first kappa shape index (κ1) is 12.9. The summed E-state index contributed by atoms with van der Waals surface area (Å²) < 4.78 is 2.03. The second-order valence-corrected chi connectivity index (χ2v) is 5.71. The molecule has 1 atom stereocenters. The van der Waals surface area contributed by atoms with Gasteiger partial charge in [-0.2, -0.15) is 0 Å². The molecule has 0 aromatic carbocycles. The number of rotatable bonds is 3. The first-order valence-corrected chi connectivity index (χ1v) is 7.15. The minimum Gasteiger partial charge on any atom is -0.322 e. The number of pyridine rings is 1. The summed E-state index contributed by atoms with van der Waals surface area (Å²) in [4.78, 5) is 6.98. The maximum Gasteiger partial charge on any atom is 0.137 e. The van der Waals surface area contributed by atoms with Crippen molar-refractivity contribution in [2.24, 2.45) is 5.73 Å². The first-order chi connectivity index (χ1) is 9.15. The van der Waals surface area contributed by atoms with Gasteiger partial charge >= 0.3 is 0 Å². The van der Waals surface area contributed by atoms with Crippen LogP contribution in [0.5, 0.6) is 0 Å². The topological polar surface area (TPSA) is 46.6 Å². The van der Waals surface area contributed by atoms with Crippen LogP contribution >= 0.6 is 11.6 Å². The molecule has 2 aromatic heterocycles. The molecule has 2 aromatic rings. The largest absolute Gasteiger partial charge is 0.322 e. The molecule has 19 heavy (non-hydrogen) atoms. The van der Waals surface area contributed by atoms with Crippen molar-refractivity contribution in [3.63, 3.8) is 0 Å². The molecule has 102 valence electrons. The molecule has 3 rings (SSSR count). The van der Waals surface area contributed by atoms with E-state index >= 15 is 0 Å². The predicted molar refractivity (Wildman–Crippen MR) is 77.5 cm³/mol. The summed E-state index contributed by atoms with van der Waals surface area (Å²) in [5, 5.41) is 0.708. The van der Waals surface area contributed by atoms with Crippen molar-refractivity contribution in [1.29, 1.82) is 0 Å². The smallest absolute Gasteiger partial charge is 0.137 e. The highest BCUT2D eigenvalue weighted by Gasteiger charge is 2.20. The Morgan fingerprint density at radius 1 is 1.37 bits per heavy atom. The van der Waals surface area contributed by atoms with E-state index in [1.54, 1.807) is 0 Å². The van der Waals surface area contributed by atoms with E-state index in [1.807, 2.05) is 29.7 Å². The van der Waals surface area contributed by atoms with Gasteiger partial charge in [-0.05, 0) is 45.0 Å². The van der Waals surface area contributed by atoms with E-state index in [4.69, 9.17) is 17.3 Å². The number of likely N-dealkylation sites (tertiary alicyclic amines) is 1. The van der Waals surface area contributed by atoms with Gasteiger partial charge in [0.15, 0.2) is 0 Å². The predicted octanol–water partition coefficient (Wildman–Crippen LogP) is 2.39. The van der Waals surface area contributed by atoms with E-state index in [1.165, 1.54) is 12.8 Å². The number of aromatic nitrogens is 2.